The topological polar surface area (TPSA) is 55.1 Å². The zero-order chi connectivity index (χ0) is 13.8. The molecule has 3 nitrogen and oxygen atoms in total. The minimum Gasteiger partial charge on any atom is -0.348 e. The lowest BCUT2D eigenvalue weighted by Gasteiger charge is -2.23. The van der Waals surface area contributed by atoms with E-state index < -0.39 is 11.7 Å². The Morgan fingerprint density at radius 1 is 1.32 bits per heavy atom. The van der Waals surface area contributed by atoms with Crippen molar-refractivity contribution in [3.63, 3.8) is 0 Å². The molecule has 0 saturated heterocycles. The summed E-state index contributed by atoms with van der Waals surface area (Å²) in [5.74, 6) is -1.09. The molecule has 1 aliphatic rings. The molecule has 5 heteroatoms. The lowest BCUT2D eigenvalue weighted by molar-refractivity contribution is 0.0925. The van der Waals surface area contributed by atoms with Crippen LogP contribution in [0.25, 0.3) is 0 Å². The third-order valence-electron chi connectivity index (χ3n) is 3.58. The highest BCUT2D eigenvalue weighted by molar-refractivity contribution is 6.33. The molecule has 0 bridgehead atoms. The molecule has 1 amide bonds. The van der Waals surface area contributed by atoms with Crippen molar-refractivity contribution in [1.29, 1.82) is 0 Å². The molecule has 0 radical (unpaired) electrons. The molecule has 2 unspecified atom stereocenters. The van der Waals surface area contributed by atoms with Gasteiger partial charge in [-0.25, -0.2) is 4.39 Å². The van der Waals surface area contributed by atoms with E-state index in [4.69, 9.17) is 17.3 Å². The smallest absolute Gasteiger partial charge is 0.256 e. The van der Waals surface area contributed by atoms with E-state index in [2.05, 4.69) is 5.32 Å². The number of benzene rings is 1. The van der Waals surface area contributed by atoms with E-state index in [1.54, 1.807) is 0 Å². The van der Waals surface area contributed by atoms with Crippen LogP contribution in [0, 0.1) is 5.82 Å². The summed E-state index contributed by atoms with van der Waals surface area (Å²) in [7, 11) is 0. The molecule has 1 fully saturated rings. The fourth-order valence-electron chi connectivity index (χ4n) is 2.47. The molecule has 0 spiro atoms. The van der Waals surface area contributed by atoms with E-state index >= 15 is 0 Å². The first-order chi connectivity index (χ1) is 9.09. The van der Waals surface area contributed by atoms with Crippen LogP contribution in [0.3, 0.4) is 0 Å². The van der Waals surface area contributed by atoms with Gasteiger partial charge in [-0.05, 0) is 25.0 Å². The van der Waals surface area contributed by atoms with E-state index in [1.165, 1.54) is 18.2 Å². The molecular formula is C14H18ClFN2O. The van der Waals surface area contributed by atoms with Gasteiger partial charge >= 0.3 is 0 Å². The van der Waals surface area contributed by atoms with Gasteiger partial charge in [-0.2, -0.15) is 0 Å². The van der Waals surface area contributed by atoms with E-state index in [9.17, 15) is 9.18 Å². The number of nitrogens with two attached hydrogens (primary N) is 1. The van der Waals surface area contributed by atoms with Gasteiger partial charge in [0.15, 0.2) is 0 Å². The number of amides is 1. The predicted molar refractivity (Wildman–Crippen MR) is 73.7 cm³/mol. The molecule has 2 atom stereocenters. The Balaban J connectivity index is 2.12. The van der Waals surface area contributed by atoms with Crippen LogP contribution in [0.2, 0.25) is 5.02 Å². The number of carbonyl (C=O) groups is 1. The van der Waals surface area contributed by atoms with E-state index in [-0.39, 0.29) is 22.7 Å². The molecule has 1 aliphatic carbocycles. The van der Waals surface area contributed by atoms with Crippen molar-refractivity contribution in [2.45, 2.75) is 44.2 Å². The van der Waals surface area contributed by atoms with Crippen LogP contribution in [0.1, 0.15) is 42.5 Å². The second kappa shape index (κ2) is 6.35. The zero-order valence-corrected chi connectivity index (χ0v) is 11.4. The predicted octanol–water partition coefficient (Wildman–Crippen LogP) is 2.87. The summed E-state index contributed by atoms with van der Waals surface area (Å²) in [6, 6.07) is 4.04. The lowest BCUT2D eigenvalue weighted by atomic mass is 10.0. The highest BCUT2D eigenvalue weighted by Crippen LogP contribution is 2.21. The summed E-state index contributed by atoms with van der Waals surface area (Å²) >= 11 is 5.88. The highest BCUT2D eigenvalue weighted by atomic mass is 35.5. The third-order valence-corrected chi connectivity index (χ3v) is 3.89. The van der Waals surface area contributed by atoms with Gasteiger partial charge in [0.1, 0.15) is 5.82 Å². The van der Waals surface area contributed by atoms with Gasteiger partial charge in [0.05, 0.1) is 10.6 Å². The molecule has 0 heterocycles. The van der Waals surface area contributed by atoms with Gasteiger partial charge < -0.3 is 11.1 Å². The second-order valence-corrected chi connectivity index (χ2v) is 5.39. The van der Waals surface area contributed by atoms with E-state index in [0.29, 0.717) is 0 Å². The Bertz CT molecular complexity index is 447. The Labute approximate surface area is 117 Å². The van der Waals surface area contributed by atoms with Gasteiger partial charge in [-0.1, -0.05) is 36.9 Å². The van der Waals surface area contributed by atoms with Crippen molar-refractivity contribution in [3.8, 4) is 0 Å². The van der Waals surface area contributed by atoms with Crippen LogP contribution < -0.4 is 11.1 Å². The number of nitrogens with one attached hydrogen (secondary N) is 1. The zero-order valence-electron chi connectivity index (χ0n) is 10.7. The molecule has 19 heavy (non-hydrogen) atoms. The summed E-state index contributed by atoms with van der Waals surface area (Å²) in [5.41, 5.74) is 5.94. The Hall–Kier alpha value is -1.13. The van der Waals surface area contributed by atoms with Gasteiger partial charge in [0, 0.05) is 12.1 Å². The van der Waals surface area contributed by atoms with Crippen molar-refractivity contribution >= 4 is 17.5 Å². The molecule has 1 aromatic rings. The van der Waals surface area contributed by atoms with E-state index in [1.807, 2.05) is 0 Å². The molecule has 0 aromatic heterocycles. The van der Waals surface area contributed by atoms with Crippen LogP contribution in [0.5, 0.6) is 0 Å². The van der Waals surface area contributed by atoms with Crippen molar-refractivity contribution in [2.75, 3.05) is 0 Å². The molecule has 2 rings (SSSR count). The van der Waals surface area contributed by atoms with Crippen LogP contribution in [-0.2, 0) is 0 Å². The first-order valence-electron chi connectivity index (χ1n) is 6.60. The minimum atomic E-state index is -0.604. The maximum Gasteiger partial charge on any atom is 0.256 e. The van der Waals surface area contributed by atoms with Crippen LogP contribution in [-0.4, -0.2) is 18.0 Å². The van der Waals surface area contributed by atoms with E-state index in [0.717, 1.165) is 32.1 Å². The standard InChI is InChI=1S/C14H18ClFN2O/c15-9-5-4-6-10(16)13(9)14(19)18-12-8-3-1-2-7-11(12)17/h4-6,11-12H,1-3,7-8,17H2,(H,18,19). The van der Waals surface area contributed by atoms with Crippen molar-refractivity contribution in [2.24, 2.45) is 5.73 Å². The quantitative estimate of drug-likeness (QED) is 0.821. The Morgan fingerprint density at radius 3 is 2.79 bits per heavy atom. The summed E-state index contributed by atoms with van der Waals surface area (Å²) < 4.78 is 13.7. The van der Waals surface area contributed by atoms with Gasteiger partial charge in [-0.15, -0.1) is 0 Å². The van der Waals surface area contributed by atoms with Gasteiger partial charge in [-0.3, -0.25) is 4.79 Å². The number of hydrogen-bond donors (Lipinski definition) is 2. The molecular weight excluding hydrogens is 267 g/mol. The SMILES string of the molecule is NC1CCCCCC1NC(=O)c1c(F)cccc1Cl. The summed E-state index contributed by atoms with van der Waals surface area (Å²) in [5, 5.41) is 2.94. The molecule has 104 valence electrons. The van der Waals surface area contributed by atoms with Crippen LogP contribution >= 0.6 is 11.6 Å². The molecule has 1 saturated carbocycles. The van der Waals surface area contributed by atoms with Crippen molar-refractivity contribution < 1.29 is 9.18 Å². The highest BCUT2D eigenvalue weighted by Gasteiger charge is 2.24. The maximum absolute atomic E-state index is 13.7. The van der Waals surface area contributed by atoms with Crippen molar-refractivity contribution in [1.82, 2.24) is 5.32 Å². The number of carbonyl (C=O) groups excluding carboxylic acids is 1. The minimum absolute atomic E-state index is 0.0722. The molecule has 0 aliphatic heterocycles. The third kappa shape index (κ3) is 3.45. The first kappa shape index (κ1) is 14.3. The fraction of sp³-hybridized carbons (Fsp3) is 0.500. The normalized spacial score (nSPS) is 23.7. The van der Waals surface area contributed by atoms with Crippen molar-refractivity contribution in [3.05, 3.63) is 34.6 Å². The first-order valence-corrected chi connectivity index (χ1v) is 6.98. The average molecular weight is 285 g/mol. The summed E-state index contributed by atoms with van der Waals surface area (Å²) in [4.78, 5) is 12.1. The molecule has 1 aromatic carbocycles. The van der Waals surface area contributed by atoms with Crippen LogP contribution in [0.15, 0.2) is 18.2 Å². The number of rotatable bonds is 2. The maximum atomic E-state index is 13.7. The largest absolute Gasteiger partial charge is 0.348 e. The fourth-order valence-corrected chi connectivity index (χ4v) is 2.72. The molecule has 3 N–H and O–H groups in total. The lowest BCUT2D eigenvalue weighted by Crippen LogP contribution is -2.47. The average Bonchev–Trinajstić information content (AvgIpc) is 2.55. The van der Waals surface area contributed by atoms with Gasteiger partial charge in [0.25, 0.3) is 5.91 Å². The van der Waals surface area contributed by atoms with Gasteiger partial charge in [0.2, 0.25) is 0 Å². The number of hydrogen-bond acceptors (Lipinski definition) is 2. The monoisotopic (exact) mass is 284 g/mol. The number of halogens is 2. The Kier molecular flexibility index (Phi) is 4.77. The van der Waals surface area contributed by atoms with Crippen LogP contribution in [0.4, 0.5) is 4.39 Å². The summed E-state index contributed by atoms with van der Waals surface area (Å²) in [6.45, 7) is 0. The summed E-state index contributed by atoms with van der Waals surface area (Å²) in [6.07, 6.45) is 4.95. The Morgan fingerprint density at radius 2 is 2.05 bits per heavy atom. The second-order valence-electron chi connectivity index (χ2n) is 4.98.